The summed E-state index contributed by atoms with van der Waals surface area (Å²) in [6.07, 6.45) is 1.82. The van der Waals surface area contributed by atoms with Crippen LogP contribution >= 0.6 is 33.9 Å². The zero-order valence-electron chi connectivity index (χ0n) is 6.50. The number of nitrogens with zero attached hydrogens (tertiary/aromatic N) is 1. The molecule has 1 rings (SSSR count). The summed E-state index contributed by atoms with van der Waals surface area (Å²) in [6.45, 7) is 5.00. The molecule has 1 aromatic heterocycles. The molecule has 0 atom stereocenters. The van der Waals surface area contributed by atoms with Crippen LogP contribution in [0.5, 0.6) is 5.19 Å². The van der Waals surface area contributed by atoms with Crippen LogP contribution in [0.25, 0.3) is 0 Å². The molecule has 0 unspecified atom stereocenters. The topological polar surface area (TPSA) is 22.1 Å². The van der Waals surface area contributed by atoms with E-state index in [9.17, 15) is 0 Å². The highest BCUT2D eigenvalue weighted by atomic mass is 127. The molecule has 0 radical (unpaired) electrons. The molecule has 0 bridgehead atoms. The Morgan fingerprint density at radius 1 is 1.73 bits per heavy atom. The quantitative estimate of drug-likeness (QED) is 0.796. The van der Waals surface area contributed by atoms with Crippen LogP contribution in [0.4, 0.5) is 0 Å². The fourth-order valence-corrected chi connectivity index (χ4v) is 1.75. The fraction of sp³-hybridized carbons (Fsp3) is 0.571. The minimum Gasteiger partial charge on any atom is -0.470 e. The van der Waals surface area contributed by atoms with Crippen LogP contribution in [0.15, 0.2) is 6.20 Å². The van der Waals surface area contributed by atoms with Gasteiger partial charge in [-0.3, -0.25) is 0 Å². The highest BCUT2D eigenvalue weighted by Crippen LogP contribution is 2.21. The van der Waals surface area contributed by atoms with E-state index in [0.717, 1.165) is 11.8 Å². The second kappa shape index (κ2) is 4.25. The zero-order valence-corrected chi connectivity index (χ0v) is 9.48. The van der Waals surface area contributed by atoms with Gasteiger partial charge in [-0.25, -0.2) is 4.98 Å². The molecule has 0 aliphatic heterocycles. The molecule has 0 spiro atoms. The maximum absolute atomic E-state index is 5.39. The normalized spacial score (nSPS) is 10.5. The van der Waals surface area contributed by atoms with Crippen molar-refractivity contribution in [1.82, 2.24) is 4.98 Å². The summed E-state index contributed by atoms with van der Waals surface area (Å²) in [5.41, 5.74) is 0. The first-order valence-electron chi connectivity index (χ1n) is 3.42. The molecule has 1 aromatic rings. The van der Waals surface area contributed by atoms with Crippen molar-refractivity contribution >= 4 is 33.9 Å². The Hall–Kier alpha value is 0.160. The van der Waals surface area contributed by atoms with Gasteiger partial charge in [0.2, 0.25) is 0 Å². The molecule has 0 aromatic carbocycles. The van der Waals surface area contributed by atoms with Crippen molar-refractivity contribution in [1.29, 1.82) is 0 Å². The highest BCUT2D eigenvalue weighted by Gasteiger charge is 2.00. The minimum atomic E-state index is 0.566. The van der Waals surface area contributed by atoms with Crippen LogP contribution in [-0.2, 0) is 0 Å². The first kappa shape index (κ1) is 9.25. The maximum atomic E-state index is 5.39. The van der Waals surface area contributed by atoms with E-state index in [1.165, 1.54) is 2.88 Å². The predicted molar refractivity (Wildman–Crippen MR) is 55.2 cm³/mol. The Morgan fingerprint density at radius 3 is 2.91 bits per heavy atom. The lowest BCUT2D eigenvalue weighted by Gasteiger charge is -2.03. The third-order valence-corrected chi connectivity index (χ3v) is 2.63. The zero-order chi connectivity index (χ0) is 8.27. The number of thiazole rings is 1. The second-order valence-corrected chi connectivity index (χ2v) is 5.52. The van der Waals surface area contributed by atoms with Gasteiger partial charge in [0, 0.05) is 0 Å². The molecule has 0 aliphatic carbocycles. The SMILES string of the molecule is CC(C)COc1ncc(I)s1. The van der Waals surface area contributed by atoms with Crippen molar-refractivity contribution in [3.63, 3.8) is 0 Å². The summed E-state index contributed by atoms with van der Waals surface area (Å²) in [5, 5.41) is 0.781. The van der Waals surface area contributed by atoms with Crippen molar-refractivity contribution in [2.24, 2.45) is 5.92 Å². The van der Waals surface area contributed by atoms with Gasteiger partial charge >= 0.3 is 0 Å². The molecular weight excluding hydrogens is 273 g/mol. The number of hydrogen-bond donors (Lipinski definition) is 0. The van der Waals surface area contributed by atoms with E-state index in [-0.39, 0.29) is 0 Å². The molecule has 0 fully saturated rings. The number of hydrogen-bond acceptors (Lipinski definition) is 3. The van der Waals surface area contributed by atoms with Crippen LogP contribution in [0.3, 0.4) is 0 Å². The Morgan fingerprint density at radius 2 is 2.45 bits per heavy atom. The number of ether oxygens (including phenoxy) is 1. The van der Waals surface area contributed by atoms with Gasteiger partial charge in [0.05, 0.1) is 15.7 Å². The highest BCUT2D eigenvalue weighted by molar-refractivity contribution is 14.1. The molecular formula is C7H10INOS. The number of rotatable bonds is 3. The molecule has 62 valence electrons. The number of aromatic nitrogens is 1. The molecule has 0 N–H and O–H groups in total. The average molecular weight is 283 g/mol. The van der Waals surface area contributed by atoms with E-state index < -0.39 is 0 Å². The third-order valence-electron chi connectivity index (χ3n) is 0.996. The van der Waals surface area contributed by atoms with Crippen molar-refractivity contribution in [2.45, 2.75) is 13.8 Å². The summed E-state index contributed by atoms with van der Waals surface area (Å²) in [4.78, 5) is 4.08. The van der Waals surface area contributed by atoms with Gasteiger partial charge in [-0.2, -0.15) is 0 Å². The summed E-state index contributed by atoms with van der Waals surface area (Å²) in [5.74, 6) is 0.566. The number of halogens is 1. The van der Waals surface area contributed by atoms with Gasteiger partial charge in [-0.15, -0.1) is 0 Å². The lowest BCUT2D eigenvalue weighted by molar-refractivity contribution is 0.270. The summed E-state index contributed by atoms with van der Waals surface area (Å²) in [7, 11) is 0. The van der Waals surface area contributed by atoms with E-state index in [4.69, 9.17) is 4.74 Å². The molecule has 0 aliphatic rings. The average Bonchev–Trinajstić information content (AvgIpc) is 2.31. The maximum Gasteiger partial charge on any atom is 0.274 e. The summed E-state index contributed by atoms with van der Waals surface area (Å²) in [6, 6.07) is 0. The molecule has 4 heteroatoms. The van der Waals surface area contributed by atoms with Crippen LogP contribution in [0.1, 0.15) is 13.8 Å². The lowest BCUT2D eigenvalue weighted by atomic mass is 10.2. The molecule has 11 heavy (non-hydrogen) atoms. The van der Waals surface area contributed by atoms with Crippen molar-refractivity contribution < 1.29 is 4.74 Å². The Kier molecular flexibility index (Phi) is 3.58. The molecule has 1 heterocycles. The Balaban J connectivity index is 2.39. The van der Waals surface area contributed by atoms with Crippen LogP contribution in [-0.4, -0.2) is 11.6 Å². The van der Waals surface area contributed by atoms with Gasteiger partial charge in [0.25, 0.3) is 5.19 Å². The molecule has 2 nitrogen and oxygen atoms in total. The fourth-order valence-electron chi connectivity index (χ4n) is 0.544. The first-order chi connectivity index (χ1) is 5.18. The third kappa shape index (κ3) is 3.37. The van der Waals surface area contributed by atoms with E-state index in [2.05, 4.69) is 41.4 Å². The van der Waals surface area contributed by atoms with Crippen molar-refractivity contribution in [3.05, 3.63) is 9.08 Å². The van der Waals surface area contributed by atoms with Gasteiger partial charge in [0.1, 0.15) is 0 Å². The van der Waals surface area contributed by atoms with Crippen LogP contribution < -0.4 is 4.74 Å². The Labute approximate surface area is 84.1 Å². The predicted octanol–water partition coefficient (Wildman–Crippen LogP) is 2.78. The van der Waals surface area contributed by atoms with Crippen molar-refractivity contribution in [2.75, 3.05) is 6.61 Å². The van der Waals surface area contributed by atoms with E-state index in [1.54, 1.807) is 11.3 Å². The minimum absolute atomic E-state index is 0.566. The summed E-state index contributed by atoms with van der Waals surface area (Å²) >= 11 is 3.82. The Bertz CT molecular complexity index is 224. The largest absolute Gasteiger partial charge is 0.470 e. The molecule has 0 saturated heterocycles. The summed E-state index contributed by atoms with van der Waals surface area (Å²) < 4.78 is 6.56. The molecule has 0 saturated carbocycles. The second-order valence-electron chi connectivity index (χ2n) is 2.64. The molecule has 0 amide bonds. The van der Waals surface area contributed by atoms with Gasteiger partial charge in [0.15, 0.2) is 0 Å². The monoisotopic (exact) mass is 283 g/mol. The smallest absolute Gasteiger partial charge is 0.274 e. The van der Waals surface area contributed by atoms with Crippen LogP contribution in [0.2, 0.25) is 0 Å². The first-order valence-corrected chi connectivity index (χ1v) is 5.32. The van der Waals surface area contributed by atoms with Gasteiger partial charge in [-0.1, -0.05) is 25.2 Å². The van der Waals surface area contributed by atoms with Crippen LogP contribution in [0, 0.1) is 8.80 Å². The van der Waals surface area contributed by atoms with E-state index in [0.29, 0.717) is 5.92 Å². The van der Waals surface area contributed by atoms with E-state index in [1.807, 2.05) is 6.20 Å². The van der Waals surface area contributed by atoms with Gasteiger partial charge in [-0.05, 0) is 28.5 Å². The van der Waals surface area contributed by atoms with Gasteiger partial charge < -0.3 is 4.74 Å². The van der Waals surface area contributed by atoms with Crippen molar-refractivity contribution in [3.8, 4) is 5.19 Å². The van der Waals surface area contributed by atoms with E-state index >= 15 is 0 Å². The standard InChI is InChI=1S/C7H10INOS/c1-5(2)4-10-7-9-3-6(8)11-7/h3,5H,4H2,1-2H3. The lowest BCUT2D eigenvalue weighted by Crippen LogP contribution is -2.03.